The lowest BCUT2D eigenvalue weighted by atomic mass is 10.2. The number of nitrogens with zero attached hydrogens (tertiary/aromatic N) is 2. The minimum atomic E-state index is -6.00. The summed E-state index contributed by atoms with van der Waals surface area (Å²) in [5, 5.41) is 0. The van der Waals surface area contributed by atoms with Crippen molar-refractivity contribution in [3.63, 3.8) is 0 Å². The number of aryl methyl sites for hydroxylation is 1. The van der Waals surface area contributed by atoms with Crippen molar-refractivity contribution in [1.82, 2.24) is 4.57 Å². The quantitative estimate of drug-likeness (QED) is 0.450. The fraction of sp³-hybridized carbons (Fsp3) is 0.357. The molecule has 2 aromatic rings. The van der Waals surface area contributed by atoms with Crippen molar-refractivity contribution >= 4 is 7.25 Å². The fourth-order valence-electron chi connectivity index (χ4n) is 1.80. The zero-order chi connectivity index (χ0) is 15.7. The lowest BCUT2D eigenvalue weighted by Crippen LogP contribution is -2.31. The van der Waals surface area contributed by atoms with Crippen LogP contribution in [-0.4, -0.2) is 11.8 Å². The van der Waals surface area contributed by atoms with Gasteiger partial charge in [0.2, 0.25) is 6.33 Å². The highest BCUT2D eigenvalue weighted by Crippen LogP contribution is 2.06. The second-order valence-electron chi connectivity index (χ2n) is 4.66. The van der Waals surface area contributed by atoms with Gasteiger partial charge in [-0.2, -0.15) is 0 Å². The van der Waals surface area contributed by atoms with E-state index < -0.39 is 7.25 Å². The second-order valence-corrected chi connectivity index (χ2v) is 4.66. The minimum Gasteiger partial charge on any atom is -0.418 e. The molecule has 0 bridgehead atoms. The van der Waals surface area contributed by atoms with E-state index in [0.717, 1.165) is 13.1 Å². The smallest absolute Gasteiger partial charge is 0.418 e. The van der Waals surface area contributed by atoms with Crippen LogP contribution in [-0.2, 0) is 13.1 Å². The molecule has 0 saturated carbocycles. The molecular formula is C14H19BF4N2. The SMILES string of the molecule is CCCCn1cc[n+](Cc2ccccc2)c1.F[B-](F)(F)F. The number of unbranched alkanes of at least 4 members (excludes halogenated alkanes) is 1. The summed E-state index contributed by atoms with van der Waals surface area (Å²) < 4.78 is 43.5. The summed E-state index contributed by atoms with van der Waals surface area (Å²) in [6.07, 6.45) is 8.97. The topological polar surface area (TPSA) is 8.81 Å². The van der Waals surface area contributed by atoms with Crippen LogP contribution in [0.4, 0.5) is 17.3 Å². The van der Waals surface area contributed by atoms with Gasteiger partial charge in [-0.15, -0.1) is 0 Å². The van der Waals surface area contributed by atoms with Gasteiger partial charge in [0.05, 0.1) is 6.54 Å². The van der Waals surface area contributed by atoms with E-state index in [0.29, 0.717) is 0 Å². The highest BCUT2D eigenvalue weighted by molar-refractivity contribution is 6.50. The van der Waals surface area contributed by atoms with E-state index in [-0.39, 0.29) is 0 Å². The van der Waals surface area contributed by atoms with Crippen LogP contribution in [0.5, 0.6) is 0 Å². The number of aromatic nitrogens is 2. The number of rotatable bonds is 5. The molecule has 116 valence electrons. The van der Waals surface area contributed by atoms with E-state index in [1.54, 1.807) is 0 Å². The van der Waals surface area contributed by atoms with Crippen molar-refractivity contribution < 1.29 is 21.8 Å². The lowest BCUT2D eigenvalue weighted by molar-refractivity contribution is -0.687. The molecule has 0 saturated heterocycles. The van der Waals surface area contributed by atoms with Gasteiger partial charge in [0.25, 0.3) is 0 Å². The van der Waals surface area contributed by atoms with Gasteiger partial charge in [-0.05, 0) is 12.0 Å². The molecule has 0 aliphatic rings. The number of halogens is 4. The molecule has 0 aliphatic carbocycles. The molecule has 0 unspecified atom stereocenters. The molecule has 2 rings (SSSR count). The molecule has 0 atom stereocenters. The third-order valence-electron chi connectivity index (χ3n) is 2.72. The first-order valence-corrected chi connectivity index (χ1v) is 6.84. The summed E-state index contributed by atoms with van der Waals surface area (Å²) in [6.45, 7) is 4.31. The largest absolute Gasteiger partial charge is 0.673 e. The maximum atomic E-state index is 9.75. The monoisotopic (exact) mass is 302 g/mol. The van der Waals surface area contributed by atoms with Crippen LogP contribution in [0.15, 0.2) is 49.1 Å². The van der Waals surface area contributed by atoms with Gasteiger partial charge >= 0.3 is 7.25 Å². The van der Waals surface area contributed by atoms with Gasteiger partial charge in [-0.3, -0.25) is 0 Å². The number of hydrogen-bond acceptors (Lipinski definition) is 0. The predicted octanol–water partition coefficient (Wildman–Crippen LogP) is 3.92. The number of benzene rings is 1. The standard InChI is InChI=1S/C14H19N2.BF4/c1-2-3-9-15-10-11-16(13-15)12-14-7-5-4-6-8-14;2-1(3,4)5/h4-8,10-11,13H,2-3,9,12H2,1H3;/q+1;-1. The fourth-order valence-corrected chi connectivity index (χ4v) is 1.80. The van der Waals surface area contributed by atoms with Gasteiger partial charge in [0.15, 0.2) is 0 Å². The van der Waals surface area contributed by atoms with Crippen LogP contribution in [0.2, 0.25) is 0 Å². The normalized spacial score (nSPS) is 10.9. The van der Waals surface area contributed by atoms with Crippen LogP contribution in [0.1, 0.15) is 25.3 Å². The summed E-state index contributed by atoms with van der Waals surface area (Å²) in [4.78, 5) is 0. The second kappa shape index (κ2) is 8.49. The van der Waals surface area contributed by atoms with Crippen molar-refractivity contribution in [3.05, 3.63) is 54.6 Å². The Labute approximate surface area is 122 Å². The van der Waals surface area contributed by atoms with Crippen molar-refractivity contribution in [1.29, 1.82) is 0 Å². The van der Waals surface area contributed by atoms with Gasteiger partial charge in [0.1, 0.15) is 18.9 Å². The van der Waals surface area contributed by atoms with Crippen LogP contribution in [0.25, 0.3) is 0 Å². The van der Waals surface area contributed by atoms with Crippen molar-refractivity contribution in [2.75, 3.05) is 0 Å². The van der Waals surface area contributed by atoms with E-state index in [1.807, 2.05) is 0 Å². The molecule has 0 radical (unpaired) electrons. The molecule has 1 aromatic carbocycles. The molecule has 0 aliphatic heterocycles. The van der Waals surface area contributed by atoms with Crippen molar-refractivity contribution in [2.45, 2.75) is 32.9 Å². The first kappa shape index (κ1) is 17.3. The average Bonchev–Trinajstić information content (AvgIpc) is 2.83. The molecular weight excluding hydrogens is 283 g/mol. The minimum absolute atomic E-state index is 0.958. The summed E-state index contributed by atoms with van der Waals surface area (Å²) in [7, 11) is -6.00. The van der Waals surface area contributed by atoms with E-state index in [4.69, 9.17) is 0 Å². The Balaban J connectivity index is 0.000000383. The van der Waals surface area contributed by atoms with Crippen LogP contribution < -0.4 is 4.57 Å². The third kappa shape index (κ3) is 8.89. The van der Waals surface area contributed by atoms with Crippen molar-refractivity contribution in [3.8, 4) is 0 Å². The van der Waals surface area contributed by atoms with Gasteiger partial charge in [-0.25, -0.2) is 9.13 Å². The molecule has 21 heavy (non-hydrogen) atoms. The Hall–Kier alpha value is -1.79. The molecule has 0 N–H and O–H groups in total. The van der Waals surface area contributed by atoms with Gasteiger partial charge in [-0.1, -0.05) is 43.7 Å². The van der Waals surface area contributed by atoms with Crippen molar-refractivity contribution in [2.24, 2.45) is 0 Å². The molecule has 0 amide bonds. The number of hydrogen-bond donors (Lipinski definition) is 0. The Morgan fingerprint density at radius 1 is 1.10 bits per heavy atom. The number of imidazole rings is 1. The van der Waals surface area contributed by atoms with E-state index in [2.05, 4.69) is 65.1 Å². The molecule has 0 spiro atoms. The summed E-state index contributed by atoms with van der Waals surface area (Å²) in [5.74, 6) is 0. The van der Waals surface area contributed by atoms with Crippen LogP contribution >= 0.6 is 0 Å². The van der Waals surface area contributed by atoms with Gasteiger partial charge < -0.3 is 17.3 Å². The Bertz CT molecular complexity index is 505. The first-order valence-electron chi connectivity index (χ1n) is 6.84. The van der Waals surface area contributed by atoms with Crippen LogP contribution in [0, 0.1) is 0 Å². The maximum Gasteiger partial charge on any atom is 0.673 e. The summed E-state index contributed by atoms with van der Waals surface area (Å²) >= 11 is 0. The van der Waals surface area contributed by atoms with E-state index in [1.165, 1.54) is 18.4 Å². The zero-order valence-corrected chi connectivity index (χ0v) is 11.9. The third-order valence-corrected chi connectivity index (χ3v) is 2.72. The Kier molecular flexibility index (Phi) is 6.98. The molecule has 7 heteroatoms. The lowest BCUT2D eigenvalue weighted by Gasteiger charge is -1.96. The zero-order valence-electron chi connectivity index (χ0n) is 11.9. The molecule has 1 aromatic heterocycles. The Morgan fingerprint density at radius 3 is 2.29 bits per heavy atom. The first-order chi connectivity index (χ1) is 9.88. The molecule has 1 heterocycles. The summed E-state index contributed by atoms with van der Waals surface area (Å²) in [5.41, 5.74) is 1.35. The molecule has 0 fully saturated rings. The average molecular weight is 302 g/mol. The predicted molar refractivity (Wildman–Crippen MR) is 75.3 cm³/mol. The Morgan fingerprint density at radius 2 is 1.71 bits per heavy atom. The highest BCUT2D eigenvalue weighted by atomic mass is 19.5. The molecule has 2 nitrogen and oxygen atoms in total. The summed E-state index contributed by atoms with van der Waals surface area (Å²) in [6, 6.07) is 10.6. The van der Waals surface area contributed by atoms with E-state index in [9.17, 15) is 17.3 Å². The van der Waals surface area contributed by atoms with E-state index >= 15 is 0 Å². The van der Waals surface area contributed by atoms with Gasteiger partial charge in [0, 0.05) is 0 Å². The van der Waals surface area contributed by atoms with Crippen LogP contribution in [0.3, 0.4) is 0 Å². The highest BCUT2D eigenvalue weighted by Gasteiger charge is 2.20. The maximum absolute atomic E-state index is 9.75.